The summed E-state index contributed by atoms with van der Waals surface area (Å²) in [4.78, 5) is 20.0. The van der Waals surface area contributed by atoms with E-state index in [-0.39, 0.29) is 16.7 Å². The van der Waals surface area contributed by atoms with Crippen LogP contribution >= 0.6 is 12.2 Å². The lowest BCUT2D eigenvalue weighted by atomic mass is 9.75. The molecule has 2 heterocycles. The minimum Gasteiger partial charge on any atom is -0.303 e. The first kappa shape index (κ1) is 22.0. The van der Waals surface area contributed by atoms with Gasteiger partial charge in [0.05, 0.1) is 17.4 Å². The van der Waals surface area contributed by atoms with Gasteiger partial charge < -0.3 is 4.90 Å². The number of hydrogen-bond donors (Lipinski definition) is 0. The molecule has 1 amide bonds. The normalized spacial score (nSPS) is 17.1. The molecule has 0 radical (unpaired) electrons. The van der Waals surface area contributed by atoms with Crippen molar-refractivity contribution in [1.29, 1.82) is 5.26 Å². The Morgan fingerprint density at radius 2 is 1.65 bits per heavy atom. The summed E-state index contributed by atoms with van der Waals surface area (Å²) < 4.78 is 40.5. The van der Waals surface area contributed by atoms with Gasteiger partial charge in [0, 0.05) is 5.69 Å². The Bertz CT molecular complexity index is 1330. The van der Waals surface area contributed by atoms with Crippen molar-refractivity contribution in [2.45, 2.75) is 31.0 Å². The minimum atomic E-state index is -4.79. The predicted octanol–water partition coefficient (Wildman–Crippen LogP) is 5.70. The third-order valence-corrected chi connectivity index (χ3v) is 6.73. The molecule has 2 aromatic carbocycles. The maximum Gasteiger partial charge on any atom is 0.419 e. The average molecular weight is 478 g/mol. The van der Waals surface area contributed by atoms with E-state index in [0.717, 1.165) is 34.7 Å². The molecule has 0 unspecified atom stereocenters. The van der Waals surface area contributed by atoms with Crippen LogP contribution in [0.3, 0.4) is 0 Å². The molecule has 34 heavy (non-hydrogen) atoms. The SMILES string of the molecule is N#Cc1ncc(N2C(=O)C3(CCC3)N(c3ccc(-c4ccccc4)cc3)C2=S)cc1C(F)(F)F. The van der Waals surface area contributed by atoms with Crippen molar-refractivity contribution in [1.82, 2.24) is 4.98 Å². The van der Waals surface area contributed by atoms with Crippen molar-refractivity contribution in [2.75, 3.05) is 9.80 Å². The van der Waals surface area contributed by atoms with Crippen LogP contribution in [-0.2, 0) is 11.0 Å². The van der Waals surface area contributed by atoms with E-state index in [1.54, 1.807) is 4.90 Å². The Kier molecular flexibility index (Phi) is 5.14. The largest absolute Gasteiger partial charge is 0.419 e. The van der Waals surface area contributed by atoms with Crippen molar-refractivity contribution >= 4 is 34.6 Å². The molecule has 0 N–H and O–H groups in total. The summed E-state index contributed by atoms with van der Waals surface area (Å²) in [5.74, 6) is -0.379. The quantitative estimate of drug-likeness (QED) is 0.452. The number of anilines is 2. The Hall–Kier alpha value is -3.77. The second-order valence-corrected chi connectivity index (χ2v) is 8.62. The van der Waals surface area contributed by atoms with Crippen molar-refractivity contribution < 1.29 is 18.0 Å². The summed E-state index contributed by atoms with van der Waals surface area (Å²) >= 11 is 5.63. The molecular formula is C25H17F3N4OS. The number of thiocarbonyl (C=S) groups is 1. The third-order valence-electron chi connectivity index (χ3n) is 6.37. The molecule has 0 atom stereocenters. The maximum absolute atomic E-state index is 13.5. The smallest absolute Gasteiger partial charge is 0.303 e. The van der Waals surface area contributed by atoms with Crippen LogP contribution in [0.1, 0.15) is 30.5 Å². The fourth-order valence-electron chi connectivity index (χ4n) is 4.52. The Morgan fingerprint density at radius 1 is 1.00 bits per heavy atom. The topological polar surface area (TPSA) is 60.2 Å². The molecule has 9 heteroatoms. The van der Waals surface area contributed by atoms with Crippen molar-refractivity contribution in [3.63, 3.8) is 0 Å². The first-order chi connectivity index (χ1) is 16.3. The average Bonchev–Trinajstić information content (AvgIpc) is 3.05. The molecule has 1 aromatic heterocycles. The highest BCUT2D eigenvalue weighted by atomic mass is 32.1. The number of benzene rings is 2. The molecule has 2 fully saturated rings. The van der Waals surface area contributed by atoms with Gasteiger partial charge in [-0.2, -0.15) is 18.4 Å². The lowest BCUT2D eigenvalue weighted by Crippen LogP contribution is -2.55. The van der Waals surface area contributed by atoms with Crippen LogP contribution in [0.25, 0.3) is 11.1 Å². The zero-order valence-corrected chi connectivity index (χ0v) is 18.5. The van der Waals surface area contributed by atoms with Gasteiger partial charge in [-0.1, -0.05) is 42.5 Å². The van der Waals surface area contributed by atoms with Gasteiger partial charge >= 0.3 is 6.18 Å². The van der Waals surface area contributed by atoms with Crippen LogP contribution in [0.5, 0.6) is 0 Å². The number of aromatic nitrogens is 1. The molecule has 1 spiro atoms. The first-order valence-electron chi connectivity index (χ1n) is 10.6. The summed E-state index contributed by atoms with van der Waals surface area (Å²) in [6.07, 6.45) is -1.82. The number of halogens is 3. The number of pyridine rings is 1. The van der Waals surface area contributed by atoms with E-state index in [1.165, 1.54) is 6.07 Å². The molecule has 1 aliphatic carbocycles. The molecule has 0 bridgehead atoms. The predicted molar refractivity (Wildman–Crippen MR) is 125 cm³/mol. The van der Waals surface area contributed by atoms with Gasteiger partial charge in [-0.25, -0.2) is 4.98 Å². The van der Waals surface area contributed by atoms with Gasteiger partial charge in [0.2, 0.25) is 0 Å². The first-order valence-corrected chi connectivity index (χ1v) is 11.0. The van der Waals surface area contributed by atoms with Crippen molar-refractivity contribution in [3.8, 4) is 17.2 Å². The third kappa shape index (κ3) is 3.33. The molecule has 2 aliphatic rings. The zero-order valence-electron chi connectivity index (χ0n) is 17.7. The number of carbonyl (C=O) groups is 1. The summed E-state index contributed by atoms with van der Waals surface area (Å²) in [7, 11) is 0. The highest BCUT2D eigenvalue weighted by molar-refractivity contribution is 7.81. The van der Waals surface area contributed by atoms with E-state index in [4.69, 9.17) is 17.5 Å². The fourth-order valence-corrected chi connectivity index (χ4v) is 4.99. The minimum absolute atomic E-state index is 0.0943. The molecular weight excluding hydrogens is 461 g/mol. The van der Waals surface area contributed by atoms with Crippen LogP contribution in [0, 0.1) is 11.3 Å². The van der Waals surface area contributed by atoms with Crippen molar-refractivity contribution in [2.24, 2.45) is 0 Å². The number of carbonyl (C=O) groups excluding carboxylic acids is 1. The van der Waals surface area contributed by atoms with Crippen LogP contribution in [0.2, 0.25) is 0 Å². The highest BCUT2D eigenvalue weighted by Gasteiger charge is 2.59. The number of nitrogens with zero attached hydrogens (tertiary/aromatic N) is 4. The van der Waals surface area contributed by atoms with E-state index < -0.39 is 23.0 Å². The molecule has 1 saturated carbocycles. The van der Waals surface area contributed by atoms with Gasteiger partial charge in [0.25, 0.3) is 5.91 Å². The zero-order chi connectivity index (χ0) is 24.1. The summed E-state index contributed by atoms with van der Waals surface area (Å²) in [5.41, 5.74) is -0.257. The number of amides is 1. The summed E-state index contributed by atoms with van der Waals surface area (Å²) in [6, 6.07) is 19.6. The van der Waals surface area contributed by atoms with Crippen molar-refractivity contribution in [3.05, 3.63) is 78.1 Å². The Labute approximate surface area is 199 Å². The highest BCUT2D eigenvalue weighted by Crippen LogP contribution is 2.48. The number of rotatable bonds is 3. The molecule has 1 aliphatic heterocycles. The second kappa shape index (κ2) is 7.92. The van der Waals surface area contributed by atoms with Gasteiger partial charge in [0.15, 0.2) is 10.8 Å². The molecule has 170 valence electrons. The Balaban J connectivity index is 1.55. The maximum atomic E-state index is 13.5. The van der Waals surface area contributed by atoms with E-state index in [2.05, 4.69) is 4.98 Å². The number of nitriles is 1. The van der Waals surface area contributed by atoms with Gasteiger partial charge in [-0.3, -0.25) is 9.69 Å². The van der Waals surface area contributed by atoms with Crippen LogP contribution in [0.15, 0.2) is 66.9 Å². The van der Waals surface area contributed by atoms with E-state index >= 15 is 0 Å². The number of hydrogen-bond acceptors (Lipinski definition) is 4. The summed E-state index contributed by atoms with van der Waals surface area (Å²) in [5, 5.41) is 9.13. The standard InChI is InChI=1S/C25H17F3N4OS/c26-25(27,28)20-13-19(15-30-21(20)14-29)31-22(33)24(11-4-12-24)32(23(31)34)18-9-7-17(8-10-18)16-5-2-1-3-6-16/h1-3,5-10,13,15H,4,11-12H2. The van der Waals surface area contributed by atoms with E-state index in [1.807, 2.05) is 54.6 Å². The lowest BCUT2D eigenvalue weighted by Gasteiger charge is -2.43. The molecule has 1 saturated heterocycles. The molecule has 5 rings (SSSR count). The number of alkyl halides is 3. The Morgan fingerprint density at radius 3 is 2.21 bits per heavy atom. The molecule has 3 aromatic rings. The van der Waals surface area contributed by atoms with E-state index in [9.17, 15) is 18.0 Å². The van der Waals surface area contributed by atoms with Gasteiger partial charge in [0.1, 0.15) is 11.6 Å². The second-order valence-electron chi connectivity index (χ2n) is 8.26. The summed E-state index contributed by atoms with van der Waals surface area (Å²) in [6.45, 7) is 0. The monoisotopic (exact) mass is 478 g/mol. The van der Waals surface area contributed by atoms with Crippen LogP contribution < -0.4 is 9.80 Å². The molecule has 5 nitrogen and oxygen atoms in total. The van der Waals surface area contributed by atoms with Crippen LogP contribution in [0.4, 0.5) is 24.5 Å². The van der Waals surface area contributed by atoms with E-state index in [0.29, 0.717) is 18.5 Å². The fraction of sp³-hybridized carbons (Fsp3) is 0.200. The van der Waals surface area contributed by atoms with Gasteiger partial charge in [-0.15, -0.1) is 0 Å². The van der Waals surface area contributed by atoms with Gasteiger partial charge in [-0.05, 0) is 60.8 Å². The lowest BCUT2D eigenvalue weighted by molar-refractivity contribution is -0.138. The van der Waals surface area contributed by atoms with Crippen LogP contribution in [-0.4, -0.2) is 21.5 Å².